The summed E-state index contributed by atoms with van der Waals surface area (Å²) in [5.41, 5.74) is 6.59. The highest BCUT2D eigenvalue weighted by Gasteiger charge is 2.41. The van der Waals surface area contributed by atoms with E-state index in [2.05, 4.69) is 0 Å². The van der Waals surface area contributed by atoms with Gasteiger partial charge in [0.2, 0.25) is 10.0 Å². The van der Waals surface area contributed by atoms with E-state index in [1.54, 1.807) is 12.1 Å². The van der Waals surface area contributed by atoms with E-state index in [9.17, 15) is 30.0 Å². The van der Waals surface area contributed by atoms with E-state index in [1.165, 1.54) is 4.31 Å². The predicted octanol–water partition coefficient (Wildman–Crippen LogP) is 2.43. The minimum atomic E-state index is -5.08. The van der Waals surface area contributed by atoms with E-state index in [4.69, 9.17) is 15.6 Å². The van der Waals surface area contributed by atoms with Gasteiger partial charge in [-0.15, -0.1) is 11.3 Å². The van der Waals surface area contributed by atoms with Crippen LogP contribution in [0, 0.1) is 0 Å². The Balaban J connectivity index is 0.000000479. The largest absolute Gasteiger partial charge is 0.490 e. The number of carbonyl (C=O) groups is 1. The maximum Gasteiger partial charge on any atom is 0.490 e. The zero-order chi connectivity index (χ0) is 25.0. The van der Waals surface area contributed by atoms with Crippen LogP contribution < -0.4 is 5.73 Å². The Kier molecular flexibility index (Phi) is 8.68. The molecule has 1 aliphatic heterocycles. The van der Waals surface area contributed by atoms with Crippen molar-refractivity contribution < 1.29 is 39.9 Å². The molecule has 2 heterocycles. The highest BCUT2D eigenvalue weighted by molar-refractivity contribution is 7.93. The normalized spacial score (nSPS) is 19.7. The number of aliphatic carboxylic acids is 1. The van der Waals surface area contributed by atoms with E-state index >= 15 is 0 Å². The molecule has 0 unspecified atom stereocenters. The lowest BCUT2D eigenvalue weighted by Gasteiger charge is -2.21. The lowest BCUT2D eigenvalue weighted by molar-refractivity contribution is -0.192. The zero-order valence-electron chi connectivity index (χ0n) is 17.4. The second kappa shape index (κ2) is 10.5. The van der Waals surface area contributed by atoms with Gasteiger partial charge in [0.25, 0.3) is 0 Å². The summed E-state index contributed by atoms with van der Waals surface area (Å²) in [6.45, 7) is 0.594. The molecule has 0 saturated carbocycles. The lowest BCUT2D eigenvalue weighted by Crippen LogP contribution is -2.38. The van der Waals surface area contributed by atoms with Crippen molar-refractivity contribution in [1.29, 1.82) is 0 Å². The van der Waals surface area contributed by atoms with Crippen molar-refractivity contribution in [3.8, 4) is 0 Å². The van der Waals surface area contributed by atoms with Gasteiger partial charge in [0.15, 0.2) is 9.84 Å². The van der Waals surface area contributed by atoms with Gasteiger partial charge in [-0.25, -0.2) is 21.6 Å². The molecule has 0 radical (unpaired) electrons. The van der Waals surface area contributed by atoms with Crippen LogP contribution in [-0.4, -0.2) is 63.0 Å². The number of halogens is 3. The van der Waals surface area contributed by atoms with Crippen LogP contribution >= 0.6 is 11.3 Å². The van der Waals surface area contributed by atoms with Gasteiger partial charge in [0, 0.05) is 24.0 Å². The quantitative estimate of drug-likeness (QED) is 0.588. The highest BCUT2D eigenvalue weighted by atomic mass is 32.2. The molecule has 1 aromatic heterocycles. The minimum Gasteiger partial charge on any atom is -0.475 e. The molecule has 1 saturated heterocycles. The molecule has 0 aliphatic carbocycles. The van der Waals surface area contributed by atoms with Crippen molar-refractivity contribution in [3.63, 3.8) is 0 Å². The van der Waals surface area contributed by atoms with Crippen LogP contribution in [0.2, 0.25) is 0 Å². The average molecular weight is 529 g/mol. The van der Waals surface area contributed by atoms with Crippen molar-refractivity contribution in [1.82, 2.24) is 4.31 Å². The van der Waals surface area contributed by atoms with Gasteiger partial charge in [-0.05, 0) is 30.0 Å². The van der Waals surface area contributed by atoms with Crippen molar-refractivity contribution in [2.24, 2.45) is 5.73 Å². The monoisotopic (exact) mass is 528 g/mol. The number of carboxylic acid groups (broad SMARTS) is 1. The third-order valence-electron chi connectivity index (χ3n) is 4.86. The Hall–Kier alpha value is -2.00. The maximum absolute atomic E-state index is 12.8. The third kappa shape index (κ3) is 7.50. The number of rotatable bonds is 6. The van der Waals surface area contributed by atoms with Gasteiger partial charge >= 0.3 is 12.1 Å². The SMILES string of the molecule is CS(=O)(=O)N1C[C@H](c2ccccc2)C[C@@H]1CS(=O)(=O)c1ccc(CN)s1.O=C(O)C(F)(F)F. The number of sulfonamides is 1. The molecule has 2 aromatic rings. The fourth-order valence-corrected chi connectivity index (χ4v) is 7.54. The zero-order valence-corrected chi connectivity index (χ0v) is 19.8. The Morgan fingerprint density at radius 3 is 2.18 bits per heavy atom. The minimum absolute atomic E-state index is 0.00550. The number of alkyl halides is 3. The highest BCUT2D eigenvalue weighted by Crippen LogP contribution is 2.35. The van der Waals surface area contributed by atoms with Crippen molar-refractivity contribution in [2.45, 2.75) is 35.3 Å². The van der Waals surface area contributed by atoms with Gasteiger partial charge in [-0.2, -0.15) is 17.5 Å². The van der Waals surface area contributed by atoms with Crippen LogP contribution in [0.25, 0.3) is 0 Å². The van der Waals surface area contributed by atoms with Crippen molar-refractivity contribution in [3.05, 3.63) is 52.9 Å². The van der Waals surface area contributed by atoms with Crippen molar-refractivity contribution in [2.75, 3.05) is 18.6 Å². The maximum atomic E-state index is 12.8. The third-order valence-corrected chi connectivity index (χ3v) is 9.65. The first-order chi connectivity index (χ1) is 15.1. The molecule has 1 aromatic carbocycles. The number of benzene rings is 1. The molecule has 14 heteroatoms. The first kappa shape index (κ1) is 27.2. The molecule has 0 bridgehead atoms. The number of thiophene rings is 1. The molecule has 184 valence electrons. The van der Waals surface area contributed by atoms with Crippen LogP contribution in [-0.2, 0) is 31.2 Å². The first-order valence-electron chi connectivity index (χ1n) is 9.48. The van der Waals surface area contributed by atoms with Crippen LogP contribution in [0.4, 0.5) is 13.2 Å². The van der Waals surface area contributed by atoms with Gasteiger partial charge < -0.3 is 10.8 Å². The van der Waals surface area contributed by atoms with Gasteiger partial charge in [-0.3, -0.25) is 0 Å². The summed E-state index contributed by atoms with van der Waals surface area (Å²) in [7, 11) is -7.07. The number of hydrogen-bond acceptors (Lipinski definition) is 7. The van der Waals surface area contributed by atoms with Crippen LogP contribution in [0.1, 0.15) is 22.8 Å². The Labute approximate surface area is 193 Å². The lowest BCUT2D eigenvalue weighted by atomic mass is 9.97. The fourth-order valence-electron chi connectivity index (χ4n) is 3.38. The molecule has 8 nitrogen and oxygen atoms in total. The molecular formula is C19H23F3N2O6S3. The second-order valence-corrected chi connectivity index (χ2v) is 12.7. The van der Waals surface area contributed by atoms with Gasteiger partial charge in [0.05, 0.1) is 12.0 Å². The smallest absolute Gasteiger partial charge is 0.475 e. The van der Waals surface area contributed by atoms with Gasteiger partial charge in [-0.1, -0.05) is 30.3 Å². The van der Waals surface area contributed by atoms with Crippen LogP contribution in [0.15, 0.2) is 46.7 Å². The number of nitrogens with two attached hydrogens (primary N) is 1. The fraction of sp³-hybridized carbons (Fsp3) is 0.421. The predicted molar refractivity (Wildman–Crippen MR) is 117 cm³/mol. The summed E-state index contributed by atoms with van der Waals surface area (Å²) in [6.07, 6.45) is -3.46. The standard InChI is InChI=1S/C17H22N2O4S3.C2HF3O2/c1-25(20,21)19-11-14(13-5-3-2-4-6-13)9-15(19)12-26(22,23)17-8-7-16(10-18)24-17;3-2(4,5)1(6)7/h2-8,14-15H,9-12,18H2,1H3;(H,6,7)/t14-,15-;/m1./s1. The summed E-state index contributed by atoms with van der Waals surface area (Å²) in [4.78, 5) is 9.68. The van der Waals surface area contributed by atoms with Crippen LogP contribution in [0.3, 0.4) is 0 Å². The molecule has 2 atom stereocenters. The summed E-state index contributed by atoms with van der Waals surface area (Å²) in [6, 6.07) is 12.3. The second-order valence-electron chi connectivity index (χ2n) is 7.34. The Morgan fingerprint density at radius 2 is 1.73 bits per heavy atom. The molecule has 3 N–H and O–H groups in total. The molecular weight excluding hydrogens is 505 g/mol. The summed E-state index contributed by atoms with van der Waals surface area (Å²) in [5, 5.41) is 7.12. The Bertz CT molecular complexity index is 1160. The molecule has 1 aliphatic rings. The molecule has 33 heavy (non-hydrogen) atoms. The summed E-state index contributed by atoms with van der Waals surface area (Å²) < 4.78 is 83.3. The molecule has 0 spiro atoms. The number of hydrogen-bond donors (Lipinski definition) is 2. The van der Waals surface area contributed by atoms with E-state index in [0.717, 1.165) is 28.0 Å². The van der Waals surface area contributed by atoms with Crippen LogP contribution in [0.5, 0.6) is 0 Å². The number of carboxylic acids is 1. The number of nitrogens with zero attached hydrogens (tertiary/aromatic N) is 1. The molecule has 1 fully saturated rings. The molecule has 3 rings (SSSR count). The topological polar surface area (TPSA) is 135 Å². The van der Waals surface area contributed by atoms with Gasteiger partial charge in [0.1, 0.15) is 4.21 Å². The van der Waals surface area contributed by atoms with E-state index in [1.807, 2.05) is 30.3 Å². The summed E-state index contributed by atoms with van der Waals surface area (Å²) in [5.74, 6) is -2.98. The van der Waals surface area contributed by atoms with E-state index in [-0.39, 0.29) is 22.4 Å². The first-order valence-corrected chi connectivity index (χ1v) is 13.8. The number of sulfone groups is 1. The van der Waals surface area contributed by atoms with Crippen molar-refractivity contribution >= 4 is 37.2 Å². The van der Waals surface area contributed by atoms with E-state index < -0.39 is 38.0 Å². The Morgan fingerprint density at radius 1 is 1.15 bits per heavy atom. The summed E-state index contributed by atoms with van der Waals surface area (Å²) >= 11 is 1.15. The molecule has 0 amide bonds. The average Bonchev–Trinajstić information content (AvgIpc) is 3.35. The van der Waals surface area contributed by atoms with E-state index in [0.29, 0.717) is 13.0 Å².